The van der Waals surface area contributed by atoms with Gasteiger partial charge in [-0.15, -0.1) is 11.3 Å². The second kappa shape index (κ2) is 5.44. The molecule has 21 heavy (non-hydrogen) atoms. The molecule has 3 aromatic rings. The molecule has 0 saturated heterocycles. The molecular weight excluding hydrogens is 327 g/mol. The number of H-pyrrole nitrogens is 1. The number of aryl methyl sites for hydroxylation is 2. The Labute approximate surface area is 135 Å². The fourth-order valence-electron chi connectivity index (χ4n) is 2.37. The molecule has 0 saturated carbocycles. The zero-order chi connectivity index (χ0) is 15.1. The number of hydrogen-bond acceptors (Lipinski definition) is 3. The van der Waals surface area contributed by atoms with Gasteiger partial charge in [0.1, 0.15) is 10.7 Å². The van der Waals surface area contributed by atoms with E-state index in [-0.39, 0.29) is 5.56 Å². The van der Waals surface area contributed by atoms with Gasteiger partial charge >= 0.3 is 0 Å². The van der Waals surface area contributed by atoms with Crippen LogP contribution in [0.1, 0.15) is 17.6 Å². The van der Waals surface area contributed by atoms with Crippen molar-refractivity contribution >= 4 is 44.8 Å². The van der Waals surface area contributed by atoms with Crippen molar-refractivity contribution in [3.05, 3.63) is 49.3 Å². The maximum atomic E-state index is 12.3. The summed E-state index contributed by atoms with van der Waals surface area (Å²) in [6, 6.07) is 5.43. The molecule has 0 aliphatic heterocycles. The van der Waals surface area contributed by atoms with Gasteiger partial charge in [0, 0.05) is 10.4 Å². The molecular formula is C15H12Cl2N2OS. The summed E-state index contributed by atoms with van der Waals surface area (Å²) in [4.78, 5) is 21.4. The first-order valence-electron chi connectivity index (χ1n) is 6.49. The highest BCUT2D eigenvalue weighted by Gasteiger charge is 2.18. The predicted molar refractivity (Wildman–Crippen MR) is 89.8 cm³/mol. The van der Waals surface area contributed by atoms with Gasteiger partial charge in [-0.2, -0.15) is 0 Å². The molecule has 3 nitrogen and oxygen atoms in total. The van der Waals surface area contributed by atoms with E-state index in [0.717, 1.165) is 27.3 Å². The van der Waals surface area contributed by atoms with E-state index in [0.29, 0.717) is 21.3 Å². The average molecular weight is 339 g/mol. The summed E-state index contributed by atoms with van der Waals surface area (Å²) in [6.45, 7) is 3.85. The molecule has 2 aromatic heterocycles. The van der Waals surface area contributed by atoms with Crippen LogP contribution in [0.5, 0.6) is 0 Å². The normalized spacial score (nSPS) is 11.2. The van der Waals surface area contributed by atoms with Gasteiger partial charge < -0.3 is 4.98 Å². The molecule has 1 N–H and O–H groups in total. The number of aromatic amines is 1. The monoisotopic (exact) mass is 338 g/mol. The molecule has 0 amide bonds. The topological polar surface area (TPSA) is 45.8 Å². The predicted octanol–water partition coefficient (Wildman–Crippen LogP) is 4.83. The van der Waals surface area contributed by atoms with Gasteiger partial charge in [-0.25, -0.2) is 4.98 Å². The lowest BCUT2D eigenvalue weighted by Crippen LogP contribution is -2.09. The van der Waals surface area contributed by atoms with Gasteiger partial charge in [0.2, 0.25) is 0 Å². The highest BCUT2D eigenvalue weighted by Crippen LogP contribution is 2.38. The largest absolute Gasteiger partial charge is 0.310 e. The molecule has 1 aromatic carbocycles. The molecule has 6 heteroatoms. The van der Waals surface area contributed by atoms with Crippen LogP contribution in [0.15, 0.2) is 23.0 Å². The number of hydrogen-bond donors (Lipinski definition) is 1. The molecule has 0 fully saturated rings. The van der Waals surface area contributed by atoms with Crippen LogP contribution in [0, 0.1) is 6.92 Å². The first kappa shape index (κ1) is 14.6. The van der Waals surface area contributed by atoms with Crippen LogP contribution in [0.25, 0.3) is 21.3 Å². The van der Waals surface area contributed by atoms with Crippen molar-refractivity contribution in [3.63, 3.8) is 0 Å². The maximum Gasteiger partial charge on any atom is 0.260 e. The summed E-state index contributed by atoms with van der Waals surface area (Å²) in [5.41, 5.74) is 1.68. The minimum atomic E-state index is -0.116. The van der Waals surface area contributed by atoms with Crippen molar-refractivity contribution in [3.8, 4) is 11.1 Å². The van der Waals surface area contributed by atoms with Crippen LogP contribution in [-0.4, -0.2) is 9.97 Å². The number of nitrogens with zero attached hydrogens (tertiary/aromatic N) is 1. The molecule has 0 spiro atoms. The van der Waals surface area contributed by atoms with E-state index in [1.807, 2.05) is 6.07 Å². The van der Waals surface area contributed by atoms with E-state index >= 15 is 0 Å². The molecule has 108 valence electrons. The van der Waals surface area contributed by atoms with Crippen LogP contribution in [0.3, 0.4) is 0 Å². The smallest absolute Gasteiger partial charge is 0.260 e. The summed E-state index contributed by atoms with van der Waals surface area (Å²) < 4.78 is 0. The fourth-order valence-corrected chi connectivity index (χ4v) is 3.84. The molecule has 3 rings (SSSR count). The Balaban J connectivity index is 2.40. The number of aromatic nitrogens is 2. The van der Waals surface area contributed by atoms with Crippen molar-refractivity contribution in [2.75, 3.05) is 0 Å². The number of rotatable bonds is 2. The van der Waals surface area contributed by atoms with Gasteiger partial charge in [-0.05, 0) is 31.0 Å². The van der Waals surface area contributed by atoms with Gasteiger partial charge in [0.05, 0.1) is 15.4 Å². The highest BCUT2D eigenvalue weighted by atomic mass is 35.5. The van der Waals surface area contributed by atoms with Crippen LogP contribution in [0.2, 0.25) is 10.0 Å². The zero-order valence-electron chi connectivity index (χ0n) is 11.5. The van der Waals surface area contributed by atoms with Gasteiger partial charge in [-0.3, -0.25) is 4.79 Å². The lowest BCUT2D eigenvalue weighted by Gasteiger charge is -2.05. The van der Waals surface area contributed by atoms with Crippen molar-refractivity contribution in [1.29, 1.82) is 0 Å². The van der Waals surface area contributed by atoms with Crippen LogP contribution in [-0.2, 0) is 6.42 Å². The van der Waals surface area contributed by atoms with Crippen LogP contribution in [0.4, 0.5) is 0 Å². The van der Waals surface area contributed by atoms with E-state index in [9.17, 15) is 4.79 Å². The molecule has 0 aliphatic carbocycles. The Morgan fingerprint density at radius 1 is 1.29 bits per heavy atom. The van der Waals surface area contributed by atoms with Gasteiger partial charge in [0.15, 0.2) is 0 Å². The lowest BCUT2D eigenvalue weighted by molar-refractivity contribution is 1.07. The van der Waals surface area contributed by atoms with E-state index < -0.39 is 0 Å². The third-order valence-corrected chi connectivity index (χ3v) is 5.25. The second-order valence-electron chi connectivity index (χ2n) is 4.71. The standard InChI is InChI=1S/C15H12Cl2N2OS/c1-3-11-12(8-4-5-9(16)10(17)6-8)13-14(20)18-7(2)19-15(13)21-11/h4-6H,3H2,1-2H3,(H,18,19,20). The number of benzene rings is 1. The third-order valence-electron chi connectivity index (χ3n) is 3.28. The quantitative estimate of drug-likeness (QED) is 0.727. The number of fused-ring (bicyclic) bond motifs is 1. The summed E-state index contributed by atoms with van der Waals surface area (Å²) in [5, 5.41) is 1.61. The maximum absolute atomic E-state index is 12.3. The molecule has 0 atom stereocenters. The highest BCUT2D eigenvalue weighted by molar-refractivity contribution is 7.19. The average Bonchev–Trinajstić information content (AvgIpc) is 2.80. The molecule has 2 heterocycles. The van der Waals surface area contributed by atoms with Crippen LogP contribution < -0.4 is 5.56 Å². The Morgan fingerprint density at radius 3 is 2.71 bits per heavy atom. The molecule has 0 radical (unpaired) electrons. The Morgan fingerprint density at radius 2 is 2.05 bits per heavy atom. The number of thiophene rings is 1. The van der Waals surface area contributed by atoms with Crippen molar-refractivity contribution < 1.29 is 0 Å². The van der Waals surface area contributed by atoms with Gasteiger partial charge in [-0.1, -0.05) is 36.2 Å². The molecule has 0 bridgehead atoms. The Kier molecular flexibility index (Phi) is 3.78. The van der Waals surface area contributed by atoms with E-state index in [2.05, 4.69) is 16.9 Å². The van der Waals surface area contributed by atoms with E-state index in [4.69, 9.17) is 23.2 Å². The summed E-state index contributed by atoms with van der Waals surface area (Å²) in [6.07, 6.45) is 0.828. The van der Waals surface area contributed by atoms with Crippen LogP contribution >= 0.6 is 34.5 Å². The Hall–Kier alpha value is -1.36. The van der Waals surface area contributed by atoms with E-state index in [1.54, 1.807) is 30.4 Å². The summed E-state index contributed by atoms with van der Waals surface area (Å²) >= 11 is 13.6. The van der Waals surface area contributed by atoms with Crippen molar-refractivity contribution in [1.82, 2.24) is 9.97 Å². The van der Waals surface area contributed by atoms with Gasteiger partial charge in [0.25, 0.3) is 5.56 Å². The number of nitrogens with one attached hydrogen (secondary N) is 1. The summed E-state index contributed by atoms with van der Waals surface area (Å²) in [7, 11) is 0. The first-order valence-corrected chi connectivity index (χ1v) is 8.06. The molecule has 0 unspecified atom stereocenters. The van der Waals surface area contributed by atoms with E-state index in [1.165, 1.54) is 0 Å². The minimum absolute atomic E-state index is 0.116. The number of halogens is 2. The lowest BCUT2D eigenvalue weighted by atomic mass is 10.0. The van der Waals surface area contributed by atoms with Crippen molar-refractivity contribution in [2.45, 2.75) is 20.3 Å². The second-order valence-corrected chi connectivity index (χ2v) is 6.61. The fraction of sp³-hybridized carbons (Fsp3) is 0.200. The minimum Gasteiger partial charge on any atom is -0.310 e. The summed E-state index contributed by atoms with van der Waals surface area (Å²) in [5.74, 6) is 0.622. The SMILES string of the molecule is CCc1sc2nc(C)[nH]c(=O)c2c1-c1ccc(Cl)c(Cl)c1. The zero-order valence-corrected chi connectivity index (χ0v) is 13.8. The first-order chi connectivity index (χ1) is 10.0. The third kappa shape index (κ3) is 2.48. The Bertz CT molecular complexity index is 899. The van der Waals surface area contributed by atoms with Crippen molar-refractivity contribution in [2.24, 2.45) is 0 Å². The molecule has 0 aliphatic rings.